The first kappa shape index (κ1) is 31.1. The first-order valence-corrected chi connectivity index (χ1v) is 16.7. The fourth-order valence-corrected chi connectivity index (χ4v) is 10.7. The Kier molecular flexibility index (Phi) is 8.85. The lowest BCUT2D eigenvalue weighted by molar-refractivity contribution is -0.210. The second-order valence-corrected chi connectivity index (χ2v) is 15.5. The van der Waals surface area contributed by atoms with Gasteiger partial charge in [-0.15, -0.1) is 0 Å². The molecule has 11 atom stereocenters. The lowest BCUT2D eigenvalue weighted by Gasteiger charge is -2.65. The smallest absolute Gasteiger partial charge is 0.350 e. The first-order chi connectivity index (χ1) is 19.4. The van der Waals surface area contributed by atoms with Crippen LogP contribution in [0.2, 0.25) is 5.02 Å². The third kappa shape index (κ3) is 5.46. The van der Waals surface area contributed by atoms with Crippen LogP contribution in [0.25, 0.3) is 0 Å². The van der Waals surface area contributed by atoms with Crippen molar-refractivity contribution in [2.45, 2.75) is 117 Å². The van der Waals surface area contributed by atoms with Gasteiger partial charge in [0.25, 0.3) is 0 Å². The molecule has 0 spiro atoms. The summed E-state index contributed by atoms with van der Waals surface area (Å²) in [7, 11) is 0. The van der Waals surface area contributed by atoms with Crippen LogP contribution in [0.4, 0.5) is 0 Å². The largest absolute Gasteiger partial charge is 0.476 e. The number of carbonyl (C=O) groups excluding carboxylic acids is 1. The van der Waals surface area contributed by atoms with Gasteiger partial charge in [0.1, 0.15) is 11.9 Å². The zero-order valence-electron chi connectivity index (χ0n) is 26.1. The van der Waals surface area contributed by atoms with Crippen LogP contribution >= 0.6 is 11.6 Å². The lowest BCUT2D eigenvalue weighted by Crippen LogP contribution is -2.62. The van der Waals surface area contributed by atoms with Crippen LogP contribution in [0, 0.1) is 52.3 Å². The molecule has 0 bridgehead atoms. The van der Waals surface area contributed by atoms with Crippen LogP contribution in [0.5, 0.6) is 5.75 Å². The van der Waals surface area contributed by atoms with Crippen LogP contribution in [0.1, 0.15) is 99.3 Å². The Hall–Kier alpha value is -1.30. The molecule has 5 nitrogen and oxygen atoms in total. The van der Waals surface area contributed by atoms with E-state index in [0.29, 0.717) is 46.3 Å². The van der Waals surface area contributed by atoms with Crippen molar-refractivity contribution in [3.8, 4) is 5.75 Å². The molecule has 1 aromatic carbocycles. The van der Waals surface area contributed by atoms with E-state index >= 15 is 0 Å². The predicted octanol–water partition coefficient (Wildman–Crippen LogP) is 7.69. The van der Waals surface area contributed by atoms with E-state index in [0.717, 1.165) is 32.1 Å². The van der Waals surface area contributed by atoms with E-state index in [4.69, 9.17) is 21.1 Å². The standard InChI is InChI=1S/C35H53ClO5/c1-7-25-29-20-24(40-32(39)33(3,4)41-23-10-8-22(36)9-11-23)14-17-35(29,6)28-15-18-34(5)26(21(2)16-19-37)12-13-27(34)30(28)31(25)38/h8-11,21,24-31,37-38H,7,12-20H2,1-6H3/t21-,24-,25-,26-,27?,28?,29+,30?,31-,34-,35-/m1/s1. The molecule has 41 heavy (non-hydrogen) atoms. The number of hydrogen-bond acceptors (Lipinski definition) is 5. The van der Waals surface area contributed by atoms with Gasteiger partial charge < -0.3 is 19.7 Å². The second kappa shape index (κ2) is 11.7. The second-order valence-electron chi connectivity index (χ2n) is 15.1. The fraction of sp³-hybridized carbons (Fsp3) is 0.800. The maximum atomic E-state index is 13.3. The van der Waals surface area contributed by atoms with Crippen molar-refractivity contribution in [3.63, 3.8) is 0 Å². The van der Waals surface area contributed by atoms with Crippen molar-refractivity contribution in [2.75, 3.05) is 6.61 Å². The molecular formula is C35H53ClO5. The van der Waals surface area contributed by atoms with Crippen LogP contribution in [-0.2, 0) is 9.53 Å². The molecule has 4 fully saturated rings. The molecule has 4 saturated carbocycles. The maximum Gasteiger partial charge on any atom is 0.350 e. The zero-order valence-corrected chi connectivity index (χ0v) is 26.8. The number of rotatable bonds is 8. The number of aliphatic hydroxyl groups excluding tert-OH is 2. The fourth-order valence-electron chi connectivity index (χ4n) is 10.6. The Labute approximate surface area is 252 Å². The van der Waals surface area contributed by atoms with E-state index in [9.17, 15) is 15.0 Å². The number of ether oxygens (including phenoxy) is 2. The van der Waals surface area contributed by atoms with Gasteiger partial charge in [0, 0.05) is 11.6 Å². The molecule has 6 heteroatoms. The molecule has 4 aliphatic carbocycles. The Morgan fingerprint density at radius 3 is 2.37 bits per heavy atom. The number of esters is 1. The van der Waals surface area contributed by atoms with Gasteiger partial charge in [-0.3, -0.25) is 0 Å². The third-order valence-corrected chi connectivity index (χ3v) is 12.9. The summed E-state index contributed by atoms with van der Waals surface area (Å²) in [6, 6.07) is 7.04. The highest BCUT2D eigenvalue weighted by molar-refractivity contribution is 6.30. The molecule has 0 radical (unpaired) electrons. The molecular weight excluding hydrogens is 536 g/mol. The number of hydrogen-bond donors (Lipinski definition) is 2. The van der Waals surface area contributed by atoms with Crippen molar-refractivity contribution in [2.24, 2.45) is 52.3 Å². The molecule has 1 aromatic rings. The molecule has 0 saturated heterocycles. The van der Waals surface area contributed by atoms with E-state index < -0.39 is 5.60 Å². The van der Waals surface area contributed by atoms with Gasteiger partial charge in [0.2, 0.25) is 0 Å². The van der Waals surface area contributed by atoms with Gasteiger partial charge in [0.05, 0.1) is 6.10 Å². The zero-order chi connectivity index (χ0) is 29.7. The normalized spacial score (nSPS) is 41.1. The molecule has 230 valence electrons. The van der Waals surface area contributed by atoms with Crippen LogP contribution < -0.4 is 4.74 Å². The third-order valence-electron chi connectivity index (χ3n) is 12.7. The monoisotopic (exact) mass is 588 g/mol. The summed E-state index contributed by atoms with van der Waals surface area (Å²) in [6.45, 7) is 13.3. The summed E-state index contributed by atoms with van der Waals surface area (Å²) in [4.78, 5) is 13.3. The summed E-state index contributed by atoms with van der Waals surface area (Å²) in [5.41, 5.74) is -0.713. The molecule has 3 unspecified atom stereocenters. The average Bonchev–Trinajstić information content (AvgIpc) is 3.28. The summed E-state index contributed by atoms with van der Waals surface area (Å²) in [6.07, 6.45) is 8.90. The topological polar surface area (TPSA) is 76.0 Å². The van der Waals surface area contributed by atoms with Crippen LogP contribution in [0.15, 0.2) is 24.3 Å². The van der Waals surface area contributed by atoms with Crippen LogP contribution in [-0.4, -0.2) is 40.6 Å². The van der Waals surface area contributed by atoms with E-state index in [1.54, 1.807) is 38.1 Å². The van der Waals surface area contributed by atoms with Crippen molar-refractivity contribution in [1.82, 2.24) is 0 Å². The van der Waals surface area contributed by atoms with E-state index in [1.165, 1.54) is 25.7 Å². The van der Waals surface area contributed by atoms with Gasteiger partial charge in [-0.2, -0.15) is 0 Å². The number of carbonyl (C=O) groups is 1. The van der Waals surface area contributed by atoms with Crippen molar-refractivity contribution >= 4 is 17.6 Å². The molecule has 0 aliphatic heterocycles. The number of benzene rings is 1. The van der Waals surface area contributed by atoms with E-state index in [-0.39, 0.29) is 41.5 Å². The minimum Gasteiger partial charge on any atom is -0.476 e. The minimum absolute atomic E-state index is 0.152. The van der Waals surface area contributed by atoms with Crippen molar-refractivity contribution < 1.29 is 24.5 Å². The Bertz CT molecular complexity index is 1070. The average molecular weight is 589 g/mol. The number of halogens is 1. The highest BCUT2D eigenvalue weighted by atomic mass is 35.5. The summed E-state index contributed by atoms with van der Waals surface area (Å²) < 4.78 is 12.2. The SMILES string of the molecule is CC[C@H]1[C@@H](O)C2C3CC[C@H]([C@H](C)CCO)[C@@]3(C)CCC2[C@@]2(C)CC[C@@H](OC(=O)C(C)(C)Oc3ccc(Cl)cc3)C[C@@H]12. The van der Waals surface area contributed by atoms with Crippen molar-refractivity contribution in [3.05, 3.63) is 29.3 Å². The van der Waals surface area contributed by atoms with E-state index in [2.05, 4.69) is 27.7 Å². The molecule has 0 heterocycles. The molecule has 0 amide bonds. The molecule has 2 N–H and O–H groups in total. The Morgan fingerprint density at radius 1 is 1.05 bits per heavy atom. The predicted molar refractivity (Wildman–Crippen MR) is 163 cm³/mol. The number of fused-ring (bicyclic) bond motifs is 5. The minimum atomic E-state index is -1.12. The van der Waals surface area contributed by atoms with Gasteiger partial charge in [-0.25, -0.2) is 4.79 Å². The first-order valence-electron chi connectivity index (χ1n) is 16.3. The lowest BCUT2D eigenvalue weighted by atomic mass is 9.41. The molecule has 5 rings (SSSR count). The summed E-state index contributed by atoms with van der Waals surface area (Å²) in [5.74, 6) is 3.37. The Morgan fingerprint density at radius 2 is 1.71 bits per heavy atom. The number of aliphatic hydroxyl groups is 2. The van der Waals surface area contributed by atoms with Gasteiger partial charge in [-0.05, 0) is 142 Å². The van der Waals surface area contributed by atoms with Gasteiger partial charge in [0.15, 0.2) is 5.60 Å². The highest BCUT2D eigenvalue weighted by Gasteiger charge is 2.65. The molecule has 4 aliphatic rings. The maximum absolute atomic E-state index is 13.3. The highest BCUT2D eigenvalue weighted by Crippen LogP contribution is 2.69. The van der Waals surface area contributed by atoms with Gasteiger partial charge >= 0.3 is 5.97 Å². The van der Waals surface area contributed by atoms with Gasteiger partial charge in [-0.1, -0.05) is 45.7 Å². The van der Waals surface area contributed by atoms with E-state index in [1.807, 2.05) is 0 Å². The summed E-state index contributed by atoms with van der Waals surface area (Å²) in [5, 5.41) is 22.4. The van der Waals surface area contributed by atoms with Crippen LogP contribution in [0.3, 0.4) is 0 Å². The Balaban J connectivity index is 1.31. The quantitative estimate of drug-likeness (QED) is 0.304. The van der Waals surface area contributed by atoms with Crippen molar-refractivity contribution in [1.29, 1.82) is 0 Å². The summed E-state index contributed by atoms with van der Waals surface area (Å²) >= 11 is 6.01. The molecule has 0 aromatic heterocycles.